The van der Waals surface area contributed by atoms with Crippen LogP contribution < -0.4 is 5.32 Å². The Balaban J connectivity index is 2.53. The van der Waals surface area contributed by atoms with E-state index in [1.165, 1.54) is 109 Å². The summed E-state index contributed by atoms with van der Waals surface area (Å²) in [6.45, 7) is 3.35. The predicted molar refractivity (Wildman–Crippen MR) is 227 cm³/mol. The van der Waals surface area contributed by atoms with Crippen LogP contribution >= 0.6 is 0 Å². The molecule has 1 amide bonds. The van der Waals surface area contributed by atoms with Crippen LogP contribution in [0.4, 0.5) is 0 Å². The van der Waals surface area contributed by atoms with Crippen molar-refractivity contribution in [3.05, 3.63) is 24.3 Å². The molecule has 1 aliphatic heterocycles. The summed E-state index contributed by atoms with van der Waals surface area (Å²) in [5.74, 6) is -0.273. The van der Waals surface area contributed by atoms with Crippen molar-refractivity contribution >= 4 is 16.3 Å². The number of carbonyl (C=O) groups excluding carboxylic acids is 1. The lowest BCUT2D eigenvalue weighted by molar-refractivity contribution is -0.298. The second-order valence-electron chi connectivity index (χ2n) is 16.0. The lowest BCUT2D eigenvalue weighted by Gasteiger charge is -2.41. The van der Waals surface area contributed by atoms with Gasteiger partial charge in [0.05, 0.1) is 25.4 Å². The lowest BCUT2D eigenvalue weighted by Crippen LogP contribution is -2.61. The van der Waals surface area contributed by atoms with Crippen molar-refractivity contribution in [2.75, 3.05) is 13.2 Å². The van der Waals surface area contributed by atoms with Crippen molar-refractivity contribution in [3.8, 4) is 0 Å². The molecule has 1 rings (SSSR count). The lowest BCUT2D eigenvalue weighted by atomic mass is 9.99. The van der Waals surface area contributed by atoms with E-state index in [1.54, 1.807) is 6.08 Å². The van der Waals surface area contributed by atoms with Crippen molar-refractivity contribution in [2.45, 2.75) is 236 Å². The van der Waals surface area contributed by atoms with Gasteiger partial charge < -0.3 is 35.2 Å². The van der Waals surface area contributed by atoms with Crippen LogP contribution in [0.15, 0.2) is 24.3 Å². The van der Waals surface area contributed by atoms with Crippen molar-refractivity contribution in [1.29, 1.82) is 0 Å². The topological polar surface area (TPSA) is 192 Å². The molecule has 57 heavy (non-hydrogen) atoms. The van der Waals surface area contributed by atoms with Crippen LogP contribution in [0.25, 0.3) is 0 Å². The zero-order valence-electron chi connectivity index (χ0n) is 35.7. The number of unbranched alkanes of at least 4 members (excludes halogenated alkanes) is 24. The maximum absolute atomic E-state index is 13.0. The van der Waals surface area contributed by atoms with Gasteiger partial charge in [-0.25, -0.2) is 4.18 Å². The van der Waals surface area contributed by atoms with Gasteiger partial charge in [-0.15, -0.1) is 0 Å². The summed E-state index contributed by atoms with van der Waals surface area (Å²) in [7, 11) is -5.08. The molecule has 0 radical (unpaired) electrons. The largest absolute Gasteiger partial charge is 0.397 e. The van der Waals surface area contributed by atoms with Gasteiger partial charge in [0.25, 0.3) is 0 Å². The Labute approximate surface area is 346 Å². The number of aliphatic hydroxyl groups is 4. The molecule has 336 valence electrons. The number of rotatable bonds is 38. The molecular formula is C44H83NO11S. The van der Waals surface area contributed by atoms with Crippen LogP contribution in [0, 0.1) is 0 Å². The van der Waals surface area contributed by atoms with E-state index >= 15 is 0 Å². The Kier molecular flexibility index (Phi) is 33.2. The van der Waals surface area contributed by atoms with Gasteiger partial charge in [-0.05, 0) is 44.9 Å². The van der Waals surface area contributed by atoms with Crippen LogP contribution in [0.3, 0.4) is 0 Å². The van der Waals surface area contributed by atoms with E-state index < -0.39 is 59.9 Å². The molecule has 7 atom stereocenters. The van der Waals surface area contributed by atoms with Crippen LogP contribution in [0.5, 0.6) is 0 Å². The van der Waals surface area contributed by atoms with Crippen molar-refractivity contribution in [2.24, 2.45) is 0 Å². The molecule has 0 bridgehead atoms. The van der Waals surface area contributed by atoms with Gasteiger partial charge in [-0.2, -0.15) is 8.42 Å². The van der Waals surface area contributed by atoms with E-state index in [0.29, 0.717) is 6.42 Å². The Morgan fingerprint density at radius 3 is 1.61 bits per heavy atom. The maximum atomic E-state index is 13.0. The third kappa shape index (κ3) is 28.6. The molecule has 1 heterocycles. The number of hydrogen-bond acceptors (Lipinski definition) is 10. The molecule has 0 spiro atoms. The van der Waals surface area contributed by atoms with Crippen LogP contribution in [0.2, 0.25) is 0 Å². The van der Waals surface area contributed by atoms with Gasteiger partial charge >= 0.3 is 10.4 Å². The van der Waals surface area contributed by atoms with E-state index in [-0.39, 0.29) is 18.9 Å². The van der Waals surface area contributed by atoms with Crippen LogP contribution in [-0.2, 0) is 28.9 Å². The molecule has 0 aromatic heterocycles. The highest BCUT2D eigenvalue weighted by Gasteiger charge is 2.48. The van der Waals surface area contributed by atoms with E-state index in [2.05, 4.69) is 35.5 Å². The highest BCUT2D eigenvalue weighted by atomic mass is 32.3. The summed E-state index contributed by atoms with van der Waals surface area (Å²) in [5.41, 5.74) is 0. The molecule has 0 aliphatic carbocycles. The predicted octanol–water partition coefficient (Wildman–Crippen LogP) is 8.55. The molecule has 1 aliphatic rings. The molecule has 0 aromatic rings. The number of allylic oxidation sites excluding steroid dienone is 3. The van der Waals surface area contributed by atoms with E-state index in [4.69, 9.17) is 14.0 Å². The number of aliphatic hydroxyl groups excluding tert-OH is 4. The smallest absolute Gasteiger partial charge is 0.394 e. The summed E-state index contributed by atoms with van der Waals surface area (Å²) in [5, 5.41) is 44.6. The quantitative estimate of drug-likeness (QED) is 0.0198. The molecule has 7 unspecified atom stereocenters. The minimum absolute atomic E-state index is 0.259. The number of amides is 1. The van der Waals surface area contributed by atoms with Gasteiger partial charge in [0.1, 0.15) is 24.4 Å². The fourth-order valence-corrected chi connectivity index (χ4v) is 7.66. The van der Waals surface area contributed by atoms with Gasteiger partial charge in [-0.3, -0.25) is 9.35 Å². The third-order valence-electron chi connectivity index (χ3n) is 10.7. The molecule has 1 saturated heterocycles. The first-order chi connectivity index (χ1) is 27.5. The zero-order chi connectivity index (χ0) is 42.0. The van der Waals surface area contributed by atoms with Gasteiger partial charge in [-0.1, -0.05) is 167 Å². The average Bonchev–Trinajstić information content (AvgIpc) is 3.18. The molecule has 0 saturated carbocycles. The van der Waals surface area contributed by atoms with E-state index in [9.17, 15) is 33.6 Å². The fraction of sp³-hybridized carbons (Fsp3) is 0.886. The summed E-state index contributed by atoms with van der Waals surface area (Å²) < 4.78 is 47.5. The van der Waals surface area contributed by atoms with Gasteiger partial charge in [0.15, 0.2) is 6.29 Å². The SMILES string of the molecule is CCCCC/C=C\CCCCCCCC(=O)NC(COC1OC(CO)C(O)C(OS(=O)(=O)O)C1O)C(O)/C=C/CCCCCCCCCCCCCCCCCC. The standard InChI is InChI=1S/C44H83NO11S/c1-3-5-7-9-11-13-15-17-18-19-20-21-22-23-25-27-29-31-33-38(47)37(45-40(48)34-32-30-28-26-24-16-14-12-10-8-6-4-2)36-54-44-42(50)43(56-57(51,52)53)41(49)39(35-46)55-44/h12,14,31,33,37-39,41-44,46-47,49-50H,3-11,13,15-30,32,34-36H2,1-2H3,(H,45,48)(H,51,52,53)/b14-12-,33-31+. The summed E-state index contributed by atoms with van der Waals surface area (Å²) in [6.07, 6.45) is 30.7. The average molecular weight is 834 g/mol. The molecule has 1 fully saturated rings. The van der Waals surface area contributed by atoms with Crippen LogP contribution in [0.1, 0.15) is 194 Å². The molecule has 0 aromatic carbocycles. The van der Waals surface area contributed by atoms with Gasteiger partial charge in [0, 0.05) is 6.42 Å². The van der Waals surface area contributed by atoms with Crippen LogP contribution in [-0.4, -0.2) is 95.4 Å². The molecular weight excluding hydrogens is 751 g/mol. The first kappa shape index (κ1) is 53.6. The zero-order valence-corrected chi connectivity index (χ0v) is 36.5. The fourth-order valence-electron chi connectivity index (χ4n) is 7.15. The van der Waals surface area contributed by atoms with Crippen molar-refractivity contribution in [3.63, 3.8) is 0 Å². The third-order valence-corrected chi connectivity index (χ3v) is 11.2. The van der Waals surface area contributed by atoms with Gasteiger partial charge in [0.2, 0.25) is 5.91 Å². The minimum Gasteiger partial charge on any atom is -0.394 e. The number of ether oxygens (including phenoxy) is 2. The Morgan fingerprint density at radius 2 is 1.12 bits per heavy atom. The summed E-state index contributed by atoms with van der Waals surface area (Å²) >= 11 is 0. The van der Waals surface area contributed by atoms with E-state index in [0.717, 1.165) is 57.8 Å². The second-order valence-corrected chi connectivity index (χ2v) is 17.0. The second kappa shape index (κ2) is 35.3. The normalized spacial score (nSPS) is 21.4. The summed E-state index contributed by atoms with van der Waals surface area (Å²) in [6, 6.07) is -0.945. The molecule has 12 nitrogen and oxygen atoms in total. The van der Waals surface area contributed by atoms with E-state index in [1.807, 2.05) is 6.08 Å². The monoisotopic (exact) mass is 834 g/mol. The van der Waals surface area contributed by atoms with Crippen molar-refractivity contribution < 1.29 is 51.8 Å². The highest BCUT2D eigenvalue weighted by molar-refractivity contribution is 7.80. The first-order valence-electron chi connectivity index (χ1n) is 22.7. The van der Waals surface area contributed by atoms with Crippen molar-refractivity contribution in [1.82, 2.24) is 5.32 Å². The number of carbonyl (C=O) groups is 1. The first-order valence-corrected chi connectivity index (χ1v) is 24.1. The molecule has 13 heteroatoms. The molecule has 6 N–H and O–H groups in total. The Hall–Kier alpha value is -1.42. The maximum Gasteiger partial charge on any atom is 0.397 e. The summed E-state index contributed by atoms with van der Waals surface area (Å²) in [4.78, 5) is 13.0. The number of nitrogens with one attached hydrogen (secondary N) is 1. The highest BCUT2D eigenvalue weighted by Crippen LogP contribution is 2.26. The number of hydrogen-bond donors (Lipinski definition) is 6. The Bertz CT molecular complexity index is 1120. The Morgan fingerprint density at radius 1 is 0.684 bits per heavy atom. The minimum atomic E-state index is -5.08.